The van der Waals surface area contributed by atoms with Crippen LogP contribution in [0.2, 0.25) is 0 Å². The maximum absolute atomic E-state index is 11.7. The van der Waals surface area contributed by atoms with Gasteiger partial charge in [0.2, 0.25) is 10.0 Å². The Kier molecular flexibility index (Phi) is 4.07. The van der Waals surface area contributed by atoms with Crippen LogP contribution in [0.4, 0.5) is 5.69 Å². The highest BCUT2D eigenvalue weighted by Crippen LogP contribution is 2.30. The molecule has 2 rings (SSSR count). The standard InChI is InChI=1S/C16H20N2O2S/c1-16(2,21(18,19)20)11-13-10-14(17)8-9-15(13)12-6-4-3-5-7-12/h3-10H,11,17H2,1-2H3,(H2,18,19,20). The Morgan fingerprint density at radius 3 is 2.24 bits per heavy atom. The van der Waals surface area contributed by atoms with E-state index in [0.717, 1.165) is 16.7 Å². The Balaban J connectivity index is 2.52. The molecule has 0 aliphatic rings. The van der Waals surface area contributed by atoms with E-state index < -0.39 is 14.8 Å². The summed E-state index contributed by atoms with van der Waals surface area (Å²) in [6, 6.07) is 15.3. The minimum absolute atomic E-state index is 0.307. The van der Waals surface area contributed by atoms with Crippen LogP contribution in [0.1, 0.15) is 19.4 Å². The summed E-state index contributed by atoms with van der Waals surface area (Å²) in [7, 11) is -3.65. The number of hydrogen-bond acceptors (Lipinski definition) is 3. The molecular weight excluding hydrogens is 284 g/mol. The van der Waals surface area contributed by atoms with Gasteiger partial charge in [-0.2, -0.15) is 0 Å². The van der Waals surface area contributed by atoms with Crippen LogP contribution in [0, 0.1) is 0 Å². The largest absolute Gasteiger partial charge is 0.399 e. The van der Waals surface area contributed by atoms with Gasteiger partial charge < -0.3 is 5.73 Å². The Labute approximate surface area is 125 Å². The van der Waals surface area contributed by atoms with Gasteiger partial charge in [0.25, 0.3) is 0 Å². The van der Waals surface area contributed by atoms with Gasteiger partial charge in [-0.05, 0) is 49.1 Å². The Bertz CT molecular complexity index is 738. The molecule has 112 valence electrons. The molecule has 0 unspecified atom stereocenters. The summed E-state index contributed by atoms with van der Waals surface area (Å²) in [5, 5.41) is 5.33. The van der Waals surface area contributed by atoms with Crippen LogP contribution in [0.15, 0.2) is 48.5 Å². The summed E-state index contributed by atoms with van der Waals surface area (Å²) in [5.41, 5.74) is 9.33. The highest BCUT2D eigenvalue weighted by molar-refractivity contribution is 7.90. The molecule has 0 aliphatic carbocycles. The molecule has 0 saturated heterocycles. The van der Waals surface area contributed by atoms with Gasteiger partial charge in [0.1, 0.15) is 0 Å². The van der Waals surface area contributed by atoms with Gasteiger partial charge in [0.15, 0.2) is 0 Å². The lowest BCUT2D eigenvalue weighted by atomic mass is 9.93. The van der Waals surface area contributed by atoms with Crippen LogP contribution < -0.4 is 10.9 Å². The lowest BCUT2D eigenvalue weighted by molar-refractivity contribution is 0.545. The van der Waals surface area contributed by atoms with E-state index in [1.807, 2.05) is 48.5 Å². The molecule has 2 aromatic rings. The second-order valence-corrected chi connectivity index (χ2v) is 7.96. The van der Waals surface area contributed by atoms with Crippen molar-refractivity contribution in [3.05, 3.63) is 54.1 Å². The van der Waals surface area contributed by atoms with Crippen molar-refractivity contribution in [1.82, 2.24) is 0 Å². The summed E-state index contributed by atoms with van der Waals surface area (Å²) >= 11 is 0. The first-order chi connectivity index (χ1) is 9.71. The van der Waals surface area contributed by atoms with Crippen LogP contribution in [0.25, 0.3) is 11.1 Å². The van der Waals surface area contributed by atoms with Crippen molar-refractivity contribution in [1.29, 1.82) is 0 Å². The van der Waals surface area contributed by atoms with Crippen molar-refractivity contribution in [3.63, 3.8) is 0 Å². The lowest BCUT2D eigenvalue weighted by Crippen LogP contribution is -2.39. The molecule has 0 fully saturated rings. The molecule has 5 heteroatoms. The first kappa shape index (κ1) is 15.5. The van der Waals surface area contributed by atoms with E-state index in [-0.39, 0.29) is 0 Å². The predicted molar refractivity (Wildman–Crippen MR) is 87.2 cm³/mol. The Morgan fingerprint density at radius 2 is 1.67 bits per heavy atom. The molecule has 0 amide bonds. The third-order valence-electron chi connectivity index (χ3n) is 3.60. The summed E-state index contributed by atoms with van der Waals surface area (Å²) < 4.78 is 22.4. The fourth-order valence-corrected chi connectivity index (χ4v) is 2.58. The van der Waals surface area contributed by atoms with Crippen molar-refractivity contribution in [2.45, 2.75) is 25.0 Å². The van der Waals surface area contributed by atoms with E-state index in [2.05, 4.69) is 0 Å². The minimum atomic E-state index is -3.65. The quantitative estimate of drug-likeness (QED) is 0.851. The van der Waals surface area contributed by atoms with Gasteiger partial charge in [-0.25, -0.2) is 13.6 Å². The third kappa shape index (κ3) is 3.43. The lowest BCUT2D eigenvalue weighted by Gasteiger charge is -2.23. The van der Waals surface area contributed by atoms with Gasteiger partial charge in [0, 0.05) is 5.69 Å². The predicted octanol–water partition coefficient (Wildman–Crippen LogP) is 2.55. The summed E-state index contributed by atoms with van der Waals surface area (Å²) in [6.45, 7) is 3.25. The minimum Gasteiger partial charge on any atom is -0.399 e. The molecule has 4 N–H and O–H groups in total. The van der Waals surface area contributed by atoms with E-state index in [4.69, 9.17) is 10.9 Å². The SMILES string of the molecule is CC(C)(Cc1cc(N)ccc1-c1ccccc1)S(N)(=O)=O. The van der Waals surface area contributed by atoms with E-state index in [1.165, 1.54) is 0 Å². The smallest absolute Gasteiger partial charge is 0.214 e. The van der Waals surface area contributed by atoms with Crippen molar-refractivity contribution >= 4 is 15.7 Å². The second-order valence-electron chi connectivity index (χ2n) is 5.76. The van der Waals surface area contributed by atoms with Crippen LogP contribution in [0.3, 0.4) is 0 Å². The zero-order valence-corrected chi connectivity index (χ0v) is 13.0. The van der Waals surface area contributed by atoms with Crippen molar-refractivity contribution in [2.75, 3.05) is 5.73 Å². The molecular formula is C16H20N2O2S. The zero-order chi connectivity index (χ0) is 15.7. The van der Waals surface area contributed by atoms with E-state index >= 15 is 0 Å². The molecule has 0 heterocycles. The average Bonchev–Trinajstić information content (AvgIpc) is 2.38. The number of benzene rings is 2. The summed E-state index contributed by atoms with van der Waals surface area (Å²) in [6.07, 6.45) is 0.307. The van der Waals surface area contributed by atoms with Crippen molar-refractivity contribution in [3.8, 4) is 11.1 Å². The molecule has 0 bridgehead atoms. The van der Waals surface area contributed by atoms with Gasteiger partial charge in [-0.1, -0.05) is 36.4 Å². The number of primary sulfonamides is 1. The molecule has 0 radical (unpaired) electrons. The van der Waals surface area contributed by atoms with Crippen molar-refractivity contribution < 1.29 is 8.42 Å². The zero-order valence-electron chi connectivity index (χ0n) is 12.2. The Morgan fingerprint density at radius 1 is 1.05 bits per heavy atom. The summed E-state index contributed by atoms with van der Waals surface area (Å²) in [5.74, 6) is 0. The van der Waals surface area contributed by atoms with E-state index in [0.29, 0.717) is 12.1 Å². The van der Waals surface area contributed by atoms with Crippen molar-refractivity contribution in [2.24, 2.45) is 5.14 Å². The number of anilines is 1. The second kappa shape index (κ2) is 5.50. The van der Waals surface area contributed by atoms with Gasteiger partial charge in [0.05, 0.1) is 4.75 Å². The number of sulfonamides is 1. The number of rotatable bonds is 4. The first-order valence-corrected chi connectivity index (χ1v) is 8.21. The van der Waals surface area contributed by atoms with Gasteiger partial charge in [-0.15, -0.1) is 0 Å². The highest BCUT2D eigenvalue weighted by atomic mass is 32.2. The number of nitrogens with two attached hydrogens (primary N) is 2. The molecule has 0 spiro atoms. The van der Waals surface area contributed by atoms with Crippen LogP contribution >= 0.6 is 0 Å². The molecule has 4 nitrogen and oxygen atoms in total. The molecule has 0 saturated carbocycles. The molecule has 0 aromatic heterocycles. The Hall–Kier alpha value is -1.85. The summed E-state index contributed by atoms with van der Waals surface area (Å²) in [4.78, 5) is 0. The molecule has 0 aliphatic heterocycles. The van der Waals surface area contributed by atoms with E-state index in [1.54, 1.807) is 13.8 Å². The van der Waals surface area contributed by atoms with Crippen LogP contribution in [0.5, 0.6) is 0 Å². The number of hydrogen-bond donors (Lipinski definition) is 2. The monoisotopic (exact) mass is 304 g/mol. The first-order valence-electron chi connectivity index (χ1n) is 6.67. The fourth-order valence-electron chi connectivity index (χ4n) is 2.22. The fraction of sp³-hybridized carbons (Fsp3) is 0.250. The van der Waals surface area contributed by atoms with Crippen LogP contribution in [-0.4, -0.2) is 13.2 Å². The molecule has 21 heavy (non-hydrogen) atoms. The number of nitrogen functional groups attached to an aromatic ring is 1. The highest BCUT2D eigenvalue weighted by Gasteiger charge is 2.32. The third-order valence-corrected chi connectivity index (χ3v) is 5.29. The van der Waals surface area contributed by atoms with E-state index in [9.17, 15) is 8.42 Å². The maximum atomic E-state index is 11.7. The molecule has 0 atom stereocenters. The average molecular weight is 304 g/mol. The molecule has 2 aromatic carbocycles. The van der Waals surface area contributed by atoms with Gasteiger partial charge in [-0.3, -0.25) is 0 Å². The topological polar surface area (TPSA) is 86.2 Å². The maximum Gasteiger partial charge on any atom is 0.214 e. The van der Waals surface area contributed by atoms with Crippen LogP contribution in [-0.2, 0) is 16.4 Å². The normalized spacial score (nSPS) is 12.3. The van der Waals surface area contributed by atoms with Gasteiger partial charge >= 0.3 is 0 Å².